The third-order valence-electron chi connectivity index (χ3n) is 5.14. The van der Waals surface area contributed by atoms with Gasteiger partial charge in [-0.2, -0.15) is 0 Å². The second kappa shape index (κ2) is 10.6. The molecular formula is C24H22N4O4S2. The molecule has 0 saturated carbocycles. The molecule has 174 valence electrons. The van der Waals surface area contributed by atoms with Crippen LogP contribution in [0.1, 0.15) is 32.2 Å². The summed E-state index contributed by atoms with van der Waals surface area (Å²) in [4.78, 5) is 55.1. The number of hydrogen-bond donors (Lipinski definition) is 1. The predicted octanol–water partition coefficient (Wildman–Crippen LogP) is 3.31. The second-order valence-electron chi connectivity index (χ2n) is 7.61. The molecule has 0 unspecified atom stereocenters. The number of imide groups is 1. The van der Waals surface area contributed by atoms with Gasteiger partial charge in [-0.15, -0.1) is 22.7 Å². The minimum absolute atomic E-state index is 0.0679. The number of thiophene rings is 2. The van der Waals surface area contributed by atoms with Crippen molar-refractivity contribution < 1.29 is 19.2 Å². The molecule has 0 fully saturated rings. The monoisotopic (exact) mass is 494 g/mol. The second-order valence-corrected chi connectivity index (χ2v) is 9.51. The Bertz CT molecular complexity index is 1120. The van der Waals surface area contributed by atoms with E-state index in [1.807, 2.05) is 10.8 Å². The number of rotatable bonds is 8. The van der Waals surface area contributed by atoms with Crippen LogP contribution >= 0.6 is 22.7 Å². The third kappa shape index (κ3) is 5.48. The van der Waals surface area contributed by atoms with Crippen molar-refractivity contribution in [1.82, 2.24) is 14.8 Å². The molecule has 2 aliphatic heterocycles. The summed E-state index contributed by atoms with van der Waals surface area (Å²) in [5.74, 6) is 4.49. The minimum Gasteiger partial charge on any atom is -0.346 e. The maximum absolute atomic E-state index is 12.9. The molecule has 2 N–H and O–H groups in total. The van der Waals surface area contributed by atoms with Crippen LogP contribution < -0.4 is 5.84 Å². The van der Waals surface area contributed by atoms with Gasteiger partial charge in [0.25, 0.3) is 11.8 Å². The summed E-state index contributed by atoms with van der Waals surface area (Å²) in [6.07, 6.45) is 10.6. The fraction of sp³-hybridized carbons (Fsp3) is 0.167. The minimum atomic E-state index is -0.639. The average Bonchev–Trinajstić information content (AvgIpc) is 3.58. The number of nitrogens with two attached hydrogens (primary N) is 1. The lowest BCUT2D eigenvalue weighted by atomic mass is 10.1. The third-order valence-corrected chi connectivity index (χ3v) is 6.97. The van der Waals surface area contributed by atoms with E-state index in [9.17, 15) is 19.2 Å². The molecule has 34 heavy (non-hydrogen) atoms. The van der Waals surface area contributed by atoms with Gasteiger partial charge in [0.2, 0.25) is 0 Å². The van der Waals surface area contributed by atoms with E-state index < -0.39 is 11.8 Å². The number of ketones is 2. The van der Waals surface area contributed by atoms with Crippen LogP contribution in [-0.2, 0) is 9.59 Å². The molecule has 2 aliphatic rings. The van der Waals surface area contributed by atoms with Crippen molar-refractivity contribution in [2.45, 2.75) is 12.8 Å². The van der Waals surface area contributed by atoms with Gasteiger partial charge in [0.15, 0.2) is 11.6 Å². The predicted molar refractivity (Wildman–Crippen MR) is 130 cm³/mol. The Morgan fingerprint density at radius 1 is 0.794 bits per heavy atom. The lowest BCUT2D eigenvalue weighted by Gasteiger charge is -2.25. The van der Waals surface area contributed by atoms with Crippen molar-refractivity contribution in [1.29, 1.82) is 0 Å². The van der Waals surface area contributed by atoms with Gasteiger partial charge in [0.05, 0.1) is 22.8 Å². The highest BCUT2D eigenvalue weighted by Crippen LogP contribution is 2.20. The van der Waals surface area contributed by atoms with Gasteiger partial charge in [-0.25, -0.2) is 10.9 Å². The Labute approximate surface area is 204 Å². The first-order chi connectivity index (χ1) is 16.4. The highest BCUT2D eigenvalue weighted by molar-refractivity contribution is 7.12. The SMILES string of the molecule is NN(C(=O)C1=CN(CC(=O)c2cccs2)C=CC1)C(=O)C1=CN(CC(=O)c2cccs2)C=CC1. The Hall–Kier alpha value is -3.60. The Morgan fingerprint density at radius 3 is 1.62 bits per heavy atom. The Morgan fingerprint density at radius 2 is 1.24 bits per heavy atom. The van der Waals surface area contributed by atoms with Crippen molar-refractivity contribution >= 4 is 46.1 Å². The van der Waals surface area contributed by atoms with Gasteiger partial charge in [0.1, 0.15) is 0 Å². The lowest BCUT2D eigenvalue weighted by molar-refractivity contribution is -0.140. The van der Waals surface area contributed by atoms with Crippen molar-refractivity contribution in [3.63, 3.8) is 0 Å². The lowest BCUT2D eigenvalue weighted by Crippen LogP contribution is -2.45. The summed E-state index contributed by atoms with van der Waals surface area (Å²) in [6, 6.07) is 7.11. The molecule has 4 rings (SSSR count). The Kier molecular flexibility index (Phi) is 7.31. The summed E-state index contributed by atoms with van der Waals surface area (Å²) >= 11 is 2.71. The molecule has 10 heteroatoms. The molecule has 0 atom stereocenters. The standard InChI is InChI=1S/C24H22N4O4S2/c25-28(23(31)17-5-1-9-26(13-17)15-19(29)21-7-3-11-33-21)24(32)18-6-2-10-27(14-18)16-20(30)22-8-4-12-34-22/h1-4,7-14H,5-6,15-16,25H2. The molecule has 0 saturated heterocycles. The first kappa shape index (κ1) is 23.6. The van der Waals surface area contributed by atoms with Crippen LogP contribution in [0.15, 0.2) is 83.1 Å². The van der Waals surface area contributed by atoms with Gasteiger partial charge < -0.3 is 9.80 Å². The van der Waals surface area contributed by atoms with Crippen LogP contribution in [-0.4, -0.2) is 51.3 Å². The molecule has 0 radical (unpaired) electrons. The molecule has 2 aromatic rings. The van der Waals surface area contributed by atoms with E-state index in [0.717, 1.165) is 0 Å². The average molecular weight is 495 g/mol. The first-order valence-electron chi connectivity index (χ1n) is 10.5. The summed E-state index contributed by atoms with van der Waals surface area (Å²) in [6.45, 7) is 0.158. The van der Waals surface area contributed by atoms with Gasteiger partial charge in [-0.05, 0) is 35.7 Å². The highest BCUT2D eigenvalue weighted by Gasteiger charge is 2.27. The largest absolute Gasteiger partial charge is 0.346 e. The van der Waals surface area contributed by atoms with Gasteiger partial charge in [-0.3, -0.25) is 19.2 Å². The zero-order chi connectivity index (χ0) is 24.1. The van der Waals surface area contributed by atoms with E-state index in [0.29, 0.717) is 38.8 Å². The number of hydrazine groups is 1. The molecular weight excluding hydrogens is 472 g/mol. The summed E-state index contributed by atoms with van der Waals surface area (Å²) in [7, 11) is 0. The van der Waals surface area contributed by atoms with E-state index in [2.05, 4.69) is 0 Å². The molecule has 8 nitrogen and oxygen atoms in total. The van der Waals surface area contributed by atoms with Crippen molar-refractivity contribution in [2.24, 2.45) is 5.84 Å². The fourth-order valence-corrected chi connectivity index (χ4v) is 4.78. The quantitative estimate of drug-likeness (QED) is 0.197. The van der Waals surface area contributed by atoms with Crippen molar-refractivity contribution in [2.75, 3.05) is 13.1 Å². The van der Waals surface area contributed by atoms with E-state index >= 15 is 0 Å². The van der Waals surface area contributed by atoms with Gasteiger partial charge in [-0.1, -0.05) is 24.3 Å². The maximum Gasteiger partial charge on any atom is 0.272 e. The first-order valence-corrected chi connectivity index (χ1v) is 12.2. The number of allylic oxidation sites excluding steroid dienone is 2. The number of amides is 2. The normalized spacial score (nSPS) is 15.1. The van der Waals surface area contributed by atoms with Crippen LogP contribution in [0.4, 0.5) is 0 Å². The summed E-state index contributed by atoms with van der Waals surface area (Å²) < 4.78 is 0. The van der Waals surface area contributed by atoms with E-state index in [1.54, 1.807) is 71.0 Å². The zero-order valence-electron chi connectivity index (χ0n) is 18.1. The molecule has 2 aromatic heterocycles. The molecule has 0 bridgehead atoms. The molecule has 0 spiro atoms. The van der Waals surface area contributed by atoms with E-state index in [-0.39, 0.29) is 24.7 Å². The van der Waals surface area contributed by atoms with Gasteiger partial charge >= 0.3 is 0 Å². The fourth-order valence-electron chi connectivity index (χ4n) is 3.47. The molecule has 0 aromatic carbocycles. The number of nitrogens with zero attached hydrogens (tertiary/aromatic N) is 3. The Balaban J connectivity index is 1.39. The number of carbonyl (C=O) groups excluding carboxylic acids is 4. The van der Waals surface area contributed by atoms with E-state index in [1.165, 1.54) is 22.7 Å². The van der Waals surface area contributed by atoms with Crippen molar-refractivity contribution in [3.05, 3.63) is 92.9 Å². The summed E-state index contributed by atoms with van der Waals surface area (Å²) in [5.41, 5.74) is 0.600. The molecule has 4 heterocycles. The van der Waals surface area contributed by atoms with Crippen LogP contribution in [0.25, 0.3) is 0 Å². The highest BCUT2D eigenvalue weighted by atomic mass is 32.1. The number of carbonyl (C=O) groups is 4. The van der Waals surface area contributed by atoms with Crippen LogP contribution in [0.3, 0.4) is 0 Å². The molecule has 0 aliphatic carbocycles. The summed E-state index contributed by atoms with van der Waals surface area (Å²) in [5, 5.41) is 4.25. The van der Waals surface area contributed by atoms with Crippen molar-refractivity contribution in [3.8, 4) is 0 Å². The van der Waals surface area contributed by atoms with Gasteiger partial charge in [0, 0.05) is 35.9 Å². The van der Waals surface area contributed by atoms with Crippen LogP contribution in [0, 0.1) is 0 Å². The smallest absolute Gasteiger partial charge is 0.272 e. The number of Topliss-reactive ketones (excluding diaryl/α,β-unsaturated/α-hetero) is 2. The molecule has 2 amide bonds. The van der Waals surface area contributed by atoms with E-state index in [4.69, 9.17) is 5.84 Å². The van der Waals surface area contributed by atoms with Crippen LogP contribution in [0.2, 0.25) is 0 Å². The van der Waals surface area contributed by atoms with Crippen LogP contribution in [0.5, 0.6) is 0 Å². The maximum atomic E-state index is 12.9. The number of hydrogen-bond acceptors (Lipinski definition) is 9. The topological polar surface area (TPSA) is 104 Å². The zero-order valence-corrected chi connectivity index (χ0v) is 19.8.